The largest absolute Gasteiger partial charge is 0.387 e. The molecule has 10 heteroatoms. The van der Waals surface area contributed by atoms with E-state index in [1.807, 2.05) is 12.1 Å². The van der Waals surface area contributed by atoms with Gasteiger partial charge in [0.1, 0.15) is 18.0 Å². The summed E-state index contributed by atoms with van der Waals surface area (Å²) >= 11 is 0. The van der Waals surface area contributed by atoms with Crippen LogP contribution in [0.2, 0.25) is 0 Å². The fraction of sp³-hybridized carbons (Fsp3) is 0.240. The van der Waals surface area contributed by atoms with Crippen LogP contribution in [-0.2, 0) is 4.79 Å². The average Bonchev–Trinajstić information content (AvgIpc) is 3.24. The zero-order valence-electron chi connectivity index (χ0n) is 18.0. The zero-order chi connectivity index (χ0) is 23.8. The number of halogens is 2. The van der Waals surface area contributed by atoms with Gasteiger partial charge in [0.15, 0.2) is 11.6 Å². The highest BCUT2D eigenvalue weighted by atomic mass is 19.1. The van der Waals surface area contributed by atoms with Gasteiger partial charge >= 0.3 is 0 Å². The Morgan fingerprint density at radius 2 is 1.66 bits per heavy atom. The van der Waals surface area contributed by atoms with Crippen molar-refractivity contribution >= 4 is 22.5 Å². The van der Waals surface area contributed by atoms with Crippen molar-refractivity contribution in [2.24, 2.45) is 0 Å². The molecule has 1 amide bonds. The van der Waals surface area contributed by atoms with Crippen molar-refractivity contribution in [1.82, 2.24) is 19.7 Å². The number of hydrogen-bond donors (Lipinski definition) is 2. The van der Waals surface area contributed by atoms with Crippen molar-refractivity contribution in [3.63, 3.8) is 0 Å². The van der Waals surface area contributed by atoms with Crippen molar-refractivity contribution in [3.8, 4) is 16.9 Å². The van der Waals surface area contributed by atoms with Crippen LogP contribution in [0, 0.1) is 11.6 Å². The number of rotatable bonds is 4. The molecule has 5 rings (SSSR count). The van der Waals surface area contributed by atoms with Crippen LogP contribution in [0.3, 0.4) is 0 Å². The molecule has 2 aromatic carbocycles. The number of anilines is 1. The average molecular weight is 482 g/mol. The number of aliphatic hydroxyl groups is 1. The Labute approximate surface area is 200 Å². The number of carbonyl (C=O) groups is 1. The minimum absolute atomic E-state index is 0. The summed E-state index contributed by atoms with van der Waals surface area (Å²) in [5, 5.41) is 13.7. The van der Waals surface area contributed by atoms with Crippen LogP contribution in [-0.4, -0.2) is 63.5 Å². The van der Waals surface area contributed by atoms with Gasteiger partial charge in [-0.05, 0) is 30.3 Å². The molecule has 0 aliphatic carbocycles. The number of aromatic nitrogens is 3. The van der Waals surface area contributed by atoms with Crippen LogP contribution in [0.15, 0.2) is 59.5 Å². The molecule has 1 fully saturated rings. The number of nitrogens with zero attached hydrogens (tertiary/aromatic N) is 4. The van der Waals surface area contributed by atoms with Crippen molar-refractivity contribution in [1.29, 1.82) is 0 Å². The van der Waals surface area contributed by atoms with Gasteiger partial charge in [-0.1, -0.05) is 25.6 Å². The van der Waals surface area contributed by atoms with Crippen LogP contribution < -0.4 is 10.5 Å². The Balaban J connectivity index is 0.00000289. The van der Waals surface area contributed by atoms with E-state index in [-0.39, 0.29) is 29.9 Å². The van der Waals surface area contributed by atoms with E-state index in [1.54, 1.807) is 23.1 Å². The molecule has 182 valence electrons. The highest BCUT2D eigenvalue weighted by molar-refractivity contribution is 5.93. The fourth-order valence-electron chi connectivity index (χ4n) is 4.29. The highest BCUT2D eigenvalue weighted by Gasteiger charge is 2.22. The lowest BCUT2D eigenvalue weighted by atomic mass is 10.1. The second kappa shape index (κ2) is 9.67. The monoisotopic (exact) mass is 481 g/mol. The lowest BCUT2D eigenvalue weighted by molar-refractivity contribution is -0.134. The zero-order valence-corrected chi connectivity index (χ0v) is 18.0. The molecule has 8 nitrogen and oxygen atoms in total. The maximum atomic E-state index is 14.5. The Kier molecular flexibility index (Phi) is 6.65. The van der Waals surface area contributed by atoms with Gasteiger partial charge in [-0.25, -0.2) is 13.5 Å². The smallest absolute Gasteiger partial charge is 0.259 e. The second-order valence-electron chi connectivity index (χ2n) is 7.97. The van der Waals surface area contributed by atoms with E-state index in [4.69, 9.17) is 5.11 Å². The summed E-state index contributed by atoms with van der Waals surface area (Å²) in [7, 11) is 0. The maximum absolute atomic E-state index is 14.5. The summed E-state index contributed by atoms with van der Waals surface area (Å²) < 4.78 is 30.1. The molecule has 1 saturated heterocycles. The number of hydrogen-bond acceptors (Lipinski definition) is 5. The van der Waals surface area contributed by atoms with Gasteiger partial charge in [-0.15, -0.1) is 0 Å². The Morgan fingerprint density at radius 3 is 2.29 bits per heavy atom. The number of amides is 1. The molecule has 4 aromatic rings. The number of piperazine rings is 1. The minimum atomic E-state index is -0.787. The van der Waals surface area contributed by atoms with Crippen LogP contribution in [0.4, 0.5) is 14.5 Å². The molecule has 0 radical (unpaired) electrons. The molecule has 1 aliphatic heterocycles. The first-order valence-electron chi connectivity index (χ1n) is 10.8. The molecule has 1 aliphatic rings. The number of benzene rings is 2. The molecule has 0 spiro atoms. The van der Waals surface area contributed by atoms with Gasteiger partial charge in [0.05, 0.1) is 10.9 Å². The number of pyridine rings is 1. The normalized spacial score (nSPS) is 13.7. The van der Waals surface area contributed by atoms with Crippen molar-refractivity contribution in [2.75, 3.05) is 37.7 Å². The van der Waals surface area contributed by atoms with Crippen LogP contribution >= 0.6 is 0 Å². The number of nitrogens with one attached hydrogen (secondary N) is 1. The minimum Gasteiger partial charge on any atom is -0.387 e. The fourth-order valence-corrected chi connectivity index (χ4v) is 4.29. The number of carbonyl (C=O) groups excluding carboxylic acids is 1. The Hall–Kier alpha value is -4.05. The number of fused-ring (bicyclic) bond motifs is 1. The molecule has 0 bridgehead atoms. The third-order valence-electron chi connectivity index (χ3n) is 6.03. The number of H-pyrrole nitrogens is 1. The number of para-hydroxylation sites is 1. The first-order chi connectivity index (χ1) is 16.5. The van der Waals surface area contributed by atoms with E-state index in [1.165, 1.54) is 12.3 Å². The van der Waals surface area contributed by atoms with Crippen molar-refractivity contribution in [3.05, 3.63) is 76.7 Å². The van der Waals surface area contributed by atoms with Gasteiger partial charge < -0.3 is 19.9 Å². The van der Waals surface area contributed by atoms with Gasteiger partial charge in [-0.3, -0.25) is 9.59 Å². The predicted octanol–water partition coefficient (Wildman–Crippen LogP) is 2.94. The molecular weight excluding hydrogens is 456 g/mol. The maximum Gasteiger partial charge on any atom is 0.259 e. The van der Waals surface area contributed by atoms with Crippen molar-refractivity contribution in [2.45, 2.75) is 7.43 Å². The first kappa shape index (κ1) is 24.1. The van der Waals surface area contributed by atoms with Gasteiger partial charge in [-0.2, -0.15) is 5.10 Å². The molecule has 0 unspecified atom stereocenters. The lowest BCUT2D eigenvalue weighted by Gasteiger charge is -2.35. The van der Waals surface area contributed by atoms with Gasteiger partial charge in [0.25, 0.3) is 5.56 Å². The molecule has 2 aromatic heterocycles. The number of aromatic amines is 1. The van der Waals surface area contributed by atoms with E-state index in [9.17, 15) is 18.4 Å². The summed E-state index contributed by atoms with van der Waals surface area (Å²) in [5.41, 5.74) is 1.38. The van der Waals surface area contributed by atoms with Gasteiger partial charge in [0.2, 0.25) is 5.91 Å². The third-order valence-corrected chi connectivity index (χ3v) is 6.03. The molecule has 3 heterocycles. The summed E-state index contributed by atoms with van der Waals surface area (Å²) in [6.45, 7) is 1.77. The van der Waals surface area contributed by atoms with Crippen LogP contribution in [0.5, 0.6) is 0 Å². The molecule has 35 heavy (non-hydrogen) atoms. The lowest BCUT2D eigenvalue weighted by Crippen LogP contribution is -2.49. The summed E-state index contributed by atoms with van der Waals surface area (Å²) in [6.07, 6.45) is 1.41. The second-order valence-corrected chi connectivity index (χ2v) is 7.97. The van der Waals surface area contributed by atoms with Crippen LogP contribution in [0.25, 0.3) is 27.8 Å². The van der Waals surface area contributed by atoms with Gasteiger partial charge in [0, 0.05) is 43.6 Å². The Bertz CT molecular complexity index is 1400. The van der Waals surface area contributed by atoms with E-state index in [0.29, 0.717) is 37.4 Å². The quantitative estimate of drug-likeness (QED) is 0.468. The first-order valence-corrected chi connectivity index (χ1v) is 10.8. The predicted molar refractivity (Wildman–Crippen MR) is 130 cm³/mol. The Morgan fingerprint density at radius 1 is 1.00 bits per heavy atom. The standard InChI is InChI=1S/C24H21F2N5O3.CH4/c25-17-2-1-3-18(26)23(17)31-19-8-9-27-24(34)21(19)22(28-31)15-4-6-16(7-5-15)29-10-12-30(13-11-29)20(33)14-32;/h1-9,32H,10-14H2,(H,27,34);1H4. The van der Waals surface area contributed by atoms with Crippen molar-refractivity contribution < 1.29 is 18.7 Å². The van der Waals surface area contributed by atoms with E-state index < -0.39 is 23.8 Å². The molecule has 0 atom stereocenters. The highest BCUT2D eigenvalue weighted by Crippen LogP contribution is 2.30. The summed E-state index contributed by atoms with van der Waals surface area (Å²) in [4.78, 5) is 30.7. The number of aliphatic hydroxyl groups excluding tert-OH is 1. The van der Waals surface area contributed by atoms with E-state index in [0.717, 1.165) is 22.5 Å². The van der Waals surface area contributed by atoms with E-state index >= 15 is 0 Å². The SMILES string of the molecule is C.O=C(CO)N1CCN(c2ccc(-c3nn(-c4c(F)cccc4F)c4cc[nH]c(=O)c34)cc2)CC1. The summed E-state index contributed by atoms with van der Waals surface area (Å²) in [6, 6.07) is 12.5. The topological polar surface area (TPSA) is 94.5 Å². The molecule has 2 N–H and O–H groups in total. The van der Waals surface area contributed by atoms with Crippen LogP contribution in [0.1, 0.15) is 7.43 Å². The molecule has 0 saturated carbocycles. The van der Waals surface area contributed by atoms with E-state index in [2.05, 4.69) is 15.0 Å². The molecular formula is C25H25F2N5O3. The third kappa shape index (κ3) is 4.28. The summed E-state index contributed by atoms with van der Waals surface area (Å²) in [5.74, 6) is -1.86.